The fourth-order valence-electron chi connectivity index (χ4n) is 2.28. The molecule has 0 saturated carbocycles. The van der Waals surface area contributed by atoms with Gasteiger partial charge in [-0.3, -0.25) is 9.79 Å². The van der Waals surface area contributed by atoms with Gasteiger partial charge < -0.3 is 5.11 Å². The van der Waals surface area contributed by atoms with E-state index in [1.807, 2.05) is 4.72 Å². The lowest BCUT2D eigenvalue weighted by Crippen LogP contribution is -2.30. The lowest BCUT2D eigenvalue weighted by molar-refractivity contribution is 0.0981. The summed E-state index contributed by atoms with van der Waals surface area (Å²) in [6, 6.07) is 20.6. The van der Waals surface area contributed by atoms with Crippen LogP contribution in [0.3, 0.4) is 0 Å². The fraction of sp³-hybridized carbons (Fsp3) is 0. The Kier molecular flexibility index (Phi) is 5.33. The number of phenolic OH excluding ortho intramolecular Hbond substituents is 1. The van der Waals surface area contributed by atoms with Gasteiger partial charge in [0.25, 0.3) is 15.9 Å². The molecule has 0 aliphatic carbocycles. The third-order valence-corrected chi connectivity index (χ3v) is 5.05. The first kappa shape index (κ1) is 18.3. The Balaban J connectivity index is 1.74. The summed E-state index contributed by atoms with van der Waals surface area (Å²) in [4.78, 5) is 16.2. The number of carbonyl (C=O) groups excluding carboxylic acids is 1. The van der Waals surface area contributed by atoms with Crippen molar-refractivity contribution in [2.24, 2.45) is 4.99 Å². The van der Waals surface area contributed by atoms with E-state index in [9.17, 15) is 18.3 Å². The van der Waals surface area contributed by atoms with Crippen molar-refractivity contribution in [3.05, 3.63) is 90.0 Å². The molecule has 1 amide bonds. The number of nitrogens with zero attached hydrogens (tertiary/aromatic N) is 1. The summed E-state index contributed by atoms with van der Waals surface area (Å²) in [5.74, 6) is -0.596. The second-order valence-corrected chi connectivity index (χ2v) is 7.29. The Hall–Kier alpha value is -3.45. The second-order valence-electron chi connectivity index (χ2n) is 5.61. The number of benzene rings is 3. The Morgan fingerprint density at radius 3 is 2.19 bits per heavy atom. The first-order chi connectivity index (χ1) is 13.0. The topological polar surface area (TPSA) is 95.8 Å². The molecule has 3 rings (SSSR count). The van der Waals surface area contributed by atoms with Crippen molar-refractivity contribution in [2.75, 3.05) is 0 Å². The predicted octanol–water partition coefficient (Wildman–Crippen LogP) is 3.26. The van der Waals surface area contributed by atoms with Crippen LogP contribution in [0.2, 0.25) is 0 Å². The van der Waals surface area contributed by atoms with Crippen molar-refractivity contribution in [3.8, 4) is 5.75 Å². The molecule has 7 heteroatoms. The van der Waals surface area contributed by atoms with Crippen molar-refractivity contribution < 1.29 is 18.3 Å². The molecule has 136 valence electrons. The average molecular weight is 380 g/mol. The molecule has 0 unspecified atom stereocenters. The largest absolute Gasteiger partial charge is 0.507 e. The van der Waals surface area contributed by atoms with Gasteiger partial charge in [-0.2, -0.15) is 0 Å². The molecule has 0 radical (unpaired) electrons. The van der Waals surface area contributed by atoms with Gasteiger partial charge in [0.1, 0.15) is 5.75 Å². The molecule has 0 aromatic heterocycles. The maximum atomic E-state index is 12.3. The highest BCUT2D eigenvalue weighted by Crippen LogP contribution is 2.19. The van der Waals surface area contributed by atoms with Gasteiger partial charge in [0, 0.05) is 17.3 Å². The SMILES string of the molecule is O=C(NS(=O)(=O)c1ccc(N=Cc2ccccc2O)cc1)c1ccccc1. The number of para-hydroxylation sites is 1. The van der Waals surface area contributed by atoms with Crippen LogP contribution in [-0.2, 0) is 10.0 Å². The van der Waals surface area contributed by atoms with E-state index in [1.165, 1.54) is 42.6 Å². The molecule has 0 atom stereocenters. The van der Waals surface area contributed by atoms with Gasteiger partial charge in [0.15, 0.2) is 0 Å². The standard InChI is InChI=1S/C20H16N2O4S/c23-19-9-5-4-8-16(19)14-21-17-10-12-18(13-11-17)27(25,26)22-20(24)15-6-2-1-3-7-15/h1-14,23H,(H,22,24). The number of rotatable bonds is 5. The van der Waals surface area contributed by atoms with E-state index in [0.29, 0.717) is 11.3 Å². The average Bonchev–Trinajstić information content (AvgIpc) is 2.68. The van der Waals surface area contributed by atoms with Crippen LogP contribution in [0.15, 0.2) is 88.8 Å². The number of sulfonamides is 1. The van der Waals surface area contributed by atoms with E-state index >= 15 is 0 Å². The minimum Gasteiger partial charge on any atom is -0.507 e. The molecule has 0 heterocycles. The molecule has 2 N–H and O–H groups in total. The zero-order valence-electron chi connectivity index (χ0n) is 14.1. The van der Waals surface area contributed by atoms with Gasteiger partial charge in [0.05, 0.1) is 10.6 Å². The van der Waals surface area contributed by atoms with Gasteiger partial charge in [0.2, 0.25) is 0 Å². The third-order valence-electron chi connectivity index (χ3n) is 3.70. The summed E-state index contributed by atoms with van der Waals surface area (Å²) >= 11 is 0. The van der Waals surface area contributed by atoms with Crippen molar-refractivity contribution in [2.45, 2.75) is 4.90 Å². The third kappa shape index (κ3) is 4.59. The molecule has 0 bridgehead atoms. The van der Waals surface area contributed by atoms with Crippen LogP contribution >= 0.6 is 0 Å². The smallest absolute Gasteiger partial charge is 0.264 e. The minimum atomic E-state index is -3.99. The number of aromatic hydroxyl groups is 1. The van der Waals surface area contributed by atoms with Gasteiger partial charge in [-0.1, -0.05) is 30.3 Å². The number of carbonyl (C=O) groups is 1. The van der Waals surface area contributed by atoms with E-state index in [0.717, 1.165) is 0 Å². The van der Waals surface area contributed by atoms with Crippen molar-refractivity contribution in [1.29, 1.82) is 0 Å². The van der Waals surface area contributed by atoms with E-state index < -0.39 is 15.9 Å². The second kappa shape index (κ2) is 7.84. The van der Waals surface area contributed by atoms with E-state index in [4.69, 9.17) is 0 Å². The number of hydrogen-bond acceptors (Lipinski definition) is 5. The zero-order chi connectivity index (χ0) is 19.3. The Labute approximate surface area is 156 Å². The lowest BCUT2D eigenvalue weighted by Gasteiger charge is -2.07. The molecule has 0 saturated heterocycles. The molecule has 6 nitrogen and oxygen atoms in total. The van der Waals surface area contributed by atoms with Crippen LogP contribution < -0.4 is 4.72 Å². The number of hydrogen-bond donors (Lipinski definition) is 2. The van der Waals surface area contributed by atoms with Crippen LogP contribution in [-0.4, -0.2) is 25.6 Å². The summed E-state index contributed by atoms with van der Waals surface area (Å²) < 4.78 is 26.7. The molecular weight excluding hydrogens is 364 g/mol. The van der Waals surface area contributed by atoms with Crippen LogP contribution in [0, 0.1) is 0 Å². The van der Waals surface area contributed by atoms with Crippen LogP contribution in [0.4, 0.5) is 5.69 Å². The summed E-state index contributed by atoms with van der Waals surface area (Å²) in [6.45, 7) is 0. The maximum Gasteiger partial charge on any atom is 0.264 e. The van der Waals surface area contributed by atoms with Crippen LogP contribution in [0.25, 0.3) is 0 Å². The fourth-order valence-corrected chi connectivity index (χ4v) is 3.26. The summed E-state index contributed by atoms with van der Waals surface area (Å²) in [6.07, 6.45) is 1.48. The number of nitrogens with one attached hydrogen (secondary N) is 1. The highest BCUT2D eigenvalue weighted by Gasteiger charge is 2.18. The normalized spacial score (nSPS) is 11.4. The molecule has 3 aromatic rings. The first-order valence-corrected chi connectivity index (χ1v) is 9.48. The maximum absolute atomic E-state index is 12.3. The molecule has 0 spiro atoms. The molecule has 0 aliphatic heterocycles. The zero-order valence-corrected chi connectivity index (χ0v) is 14.9. The highest BCUT2D eigenvalue weighted by atomic mass is 32.2. The Morgan fingerprint density at radius 2 is 1.52 bits per heavy atom. The highest BCUT2D eigenvalue weighted by molar-refractivity contribution is 7.90. The minimum absolute atomic E-state index is 0.0479. The lowest BCUT2D eigenvalue weighted by atomic mass is 10.2. The monoisotopic (exact) mass is 380 g/mol. The molecule has 3 aromatic carbocycles. The number of phenols is 1. The van der Waals surface area contributed by atoms with Crippen LogP contribution in [0.5, 0.6) is 5.75 Å². The molecular formula is C20H16N2O4S. The number of aliphatic imine (C=N–C) groups is 1. The van der Waals surface area contributed by atoms with E-state index in [1.54, 1.807) is 42.5 Å². The van der Waals surface area contributed by atoms with Crippen molar-refractivity contribution in [3.63, 3.8) is 0 Å². The first-order valence-electron chi connectivity index (χ1n) is 8.00. The predicted molar refractivity (Wildman–Crippen MR) is 103 cm³/mol. The van der Waals surface area contributed by atoms with Gasteiger partial charge >= 0.3 is 0 Å². The van der Waals surface area contributed by atoms with Gasteiger partial charge in [-0.05, 0) is 48.5 Å². The van der Waals surface area contributed by atoms with Gasteiger partial charge in [-0.15, -0.1) is 0 Å². The van der Waals surface area contributed by atoms with Crippen LogP contribution in [0.1, 0.15) is 15.9 Å². The van der Waals surface area contributed by atoms with E-state index in [-0.39, 0.29) is 16.2 Å². The summed E-state index contributed by atoms with van der Waals surface area (Å²) in [5.41, 5.74) is 1.31. The van der Waals surface area contributed by atoms with Crippen molar-refractivity contribution in [1.82, 2.24) is 4.72 Å². The van der Waals surface area contributed by atoms with E-state index in [2.05, 4.69) is 4.99 Å². The number of amides is 1. The quantitative estimate of drug-likeness (QED) is 0.664. The Morgan fingerprint density at radius 1 is 0.889 bits per heavy atom. The Bertz CT molecular complexity index is 1080. The molecule has 0 aliphatic rings. The molecule has 0 fully saturated rings. The summed E-state index contributed by atoms with van der Waals surface area (Å²) in [7, 11) is -3.99. The van der Waals surface area contributed by atoms with Gasteiger partial charge in [-0.25, -0.2) is 13.1 Å². The summed E-state index contributed by atoms with van der Waals surface area (Å²) in [5, 5.41) is 9.71. The van der Waals surface area contributed by atoms with Crippen molar-refractivity contribution >= 4 is 27.8 Å². The molecule has 27 heavy (non-hydrogen) atoms.